The first-order valence-electron chi connectivity index (χ1n) is 7.02. The Morgan fingerprint density at radius 3 is 2.77 bits per heavy atom. The van der Waals surface area contributed by atoms with E-state index in [9.17, 15) is 4.39 Å². The Balaban J connectivity index is 1.63. The molecule has 0 spiro atoms. The Hall–Kier alpha value is -1.98. The summed E-state index contributed by atoms with van der Waals surface area (Å²) in [4.78, 5) is 6.22. The van der Waals surface area contributed by atoms with Gasteiger partial charge in [-0.05, 0) is 30.8 Å². The van der Waals surface area contributed by atoms with Gasteiger partial charge in [0.05, 0.1) is 23.6 Å². The second kappa shape index (κ2) is 6.42. The largest absolute Gasteiger partial charge is 0.300 e. The maximum Gasteiger partial charge on any atom is 0.139 e. The van der Waals surface area contributed by atoms with E-state index in [1.54, 1.807) is 24.5 Å². The van der Waals surface area contributed by atoms with Gasteiger partial charge in [-0.15, -0.1) is 0 Å². The standard InChI is InChI=1S/C16H16ClFN4/c1-21(11-12-2-4-13(18)5-3-12)8-9-22-15-6-7-19-16(17)14(15)10-20-22/h2-7,10H,8-9,11H2,1H3. The molecular formula is C16H16ClFN4. The highest BCUT2D eigenvalue weighted by molar-refractivity contribution is 6.34. The molecule has 0 unspecified atom stereocenters. The number of likely N-dealkylation sites (N-methyl/N-ethyl adjacent to an activating group) is 1. The van der Waals surface area contributed by atoms with Gasteiger partial charge < -0.3 is 4.90 Å². The van der Waals surface area contributed by atoms with Gasteiger partial charge in [-0.2, -0.15) is 5.10 Å². The van der Waals surface area contributed by atoms with Gasteiger partial charge in [0.25, 0.3) is 0 Å². The molecule has 6 heteroatoms. The van der Waals surface area contributed by atoms with Crippen molar-refractivity contribution in [1.29, 1.82) is 0 Å². The minimum atomic E-state index is -0.208. The fourth-order valence-electron chi connectivity index (χ4n) is 2.40. The summed E-state index contributed by atoms with van der Waals surface area (Å²) in [7, 11) is 2.03. The number of fused-ring (bicyclic) bond motifs is 1. The maximum absolute atomic E-state index is 12.9. The number of rotatable bonds is 5. The van der Waals surface area contributed by atoms with E-state index in [2.05, 4.69) is 15.0 Å². The molecule has 1 aromatic carbocycles. The molecule has 4 nitrogen and oxygen atoms in total. The lowest BCUT2D eigenvalue weighted by atomic mass is 10.2. The molecule has 22 heavy (non-hydrogen) atoms. The van der Waals surface area contributed by atoms with Crippen LogP contribution in [0.15, 0.2) is 42.7 Å². The number of nitrogens with zero attached hydrogens (tertiary/aromatic N) is 4. The zero-order chi connectivity index (χ0) is 15.5. The SMILES string of the molecule is CN(CCn1ncc2c(Cl)nccc21)Cc1ccc(F)cc1. The van der Waals surface area contributed by atoms with Gasteiger partial charge in [-0.3, -0.25) is 4.68 Å². The van der Waals surface area contributed by atoms with Crippen molar-refractivity contribution in [3.05, 3.63) is 59.3 Å². The number of halogens is 2. The maximum atomic E-state index is 12.9. The molecule has 0 atom stereocenters. The summed E-state index contributed by atoms with van der Waals surface area (Å²) < 4.78 is 14.8. The first-order chi connectivity index (χ1) is 10.6. The average Bonchev–Trinajstić information content (AvgIpc) is 2.92. The number of benzene rings is 1. The van der Waals surface area contributed by atoms with Crippen LogP contribution < -0.4 is 0 Å². The number of hydrogen-bond acceptors (Lipinski definition) is 3. The molecule has 0 bridgehead atoms. The average molecular weight is 319 g/mol. The van der Waals surface area contributed by atoms with Crippen LogP contribution in [-0.4, -0.2) is 33.3 Å². The van der Waals surface area contributed by atoms with Gasteiger partial charge in [-0.25, -0.2) is 9.37 Å². The second-order valence-electron chi connectivity index (χ2n) is 5.27. The highest BCUT2D eigenvalue weighted by Crippen LogP contribution is 2.20. The molecule has 0 aliphatic heterocycles. The van der Waals surface area contributed by atoms with Crippen molar-refractivity contribution in [3.63, 3.8) is 0 Å². The first kappa shape index (κ1) is 14.9. The highest BCUT2D eigenvalue weighted by Gasteiger charge is 2.07. The minimum absolute atomic E-state index is 0.208. The second-order valence-corrected chi connectivity index (χ2v) is 5.62. The van der Waals surface area contributed by atoms with Crippen molar-refractivity contribution in [2.75, 3.05) is 13.6 Å². The molecule has 0 saturated carbocycles. The third kappa shape index (κ3) is 3.26. The molecule has 0 radical (unpaired) electrons. The number of hydrogen-bond donors (Lipinski definition) is 0. The summed E-state index contributed by atoms with van der Waals surface area (Å²) in [6.07, 6.45) is 3.43. The predicted octanol–water partition coefficient (Wildman–Crippen LogP) is 3.36. The van der Waals surface area contributed by atoms with E-state index in [4.69, 9.17) is 11.6 Å². The highest BCUT2D eigenvalue weighted by atomic mass is 35.5. The Morgan fingerprint density at radius 2 is 2.00 bits per heavy atom. The van der Waals surface area contributed by atoms with Crippen LogP contribution in [0.3, 0.4) is 0 Å². The van der Waals surface area contributed by atoms with E-state index in [0.717, 1.165) is 36.1 Å². The van der Waals surface area contributed by atoms with Crippen LogP contribution in [0.2, 0.25) is 5.15 Å². The Bertz CT molecular complexity index is 769. The summed E-state index contributed by atoms with van der Waals surface area (Å²) in [5.74, 6) is -0.208. The Labute approximate surface area is 133 Å². The third-order valence-electron chi connectivity index (χ3n) is 3.58. The molecule has 0 amide bonds. The molecule has 3 rings (SSSR count). The lowest BCUT2D eigenvalue weighted by Gasteiger charge is -2.17. The molecule has 114 valence electrons. The summed E-state index contributed by atoms with van der Waals surface area (Å²) in [5.41, 5.74) is 2.07. The van der Waals surface area contributed by atoms with Gasteiger partial charge in [0, 0.05) is 19.3 Å². The van der Waals surface area contributed by atoms with Gasteiger partial charge >= 0.3 is 0 Å². The van der Waals surface area contributed by atoms with Crippen LogP contribution in [0.5, 0.6) is 0 Å². The predicted molar refractivity (Wildman–Crippen MR) is 85.3 cm³/mol. The zero-order valence-corrected chi connectivity index (χ0v) is 13.0. The van der Waals surface area contributed by atoms with E-state index in [1.165, 1.54) is 12.1 Å². The van der Waals surface area contributed by atoms with Crippen LogP contribution in [0, 0.1) is 5.82 Å². The third-order valence-corrected chi connectivity index (χ3v) is 3.88. The molecule has 0 fully saturated rings. The van der Waals surface area contributed by atoms with Crippen molar-refractivity contribution < 1.29 is 4.39 Å². The fraction of sp³-hybridized carbons (Fsp3) is 0.250. The normalized spacial score (nSPS) is 11.5. The van der Waals surface area contributed by atoms with Crippen molar-refractivity contribution in [2.24, 2.45) is 0 Å². The van der Waals surface area contributed by atoms with E-state index in [-0.39, 0.29) is 5.82 Å². The van der Waals surface area contributed by atoms with Gasteiger partial charge in [0.2, 0.25) is 0 Å². The molecule has 2 heterocycles. The summed E-state index contributed by atoms with van der Waals surface area (Å²) >= 11 is 6.05. The van der Waals surface area contributed by atoms with Gasteiger partial charge in [-0.1, -0.05) is 23.7 Å². The molecule has 2 aromatic heterocycles. The smallest absolute Gasteiger partial charge is 0.139 e. The van der Waals surface area contributed by atoms with Crippen molar-refractivity contribution >= 4 is 22.5 Å². The van der Waals surface area contributed by atoms with Crippen LogP contribution in [0.4, 0.5) is 4.39 Å². The number of aromatic nitrogens is 3. The summed E-state index contributed by atoms with van der Waals surface area (Å²) in [5, 5.41) is 5.70. The molecule has 0 aliphatic rings. The van der Waals surface area contributed by atoms with E-state index in [1.807, 2.05) is 17.8 Å². The van der Waals surface area contributed by atoms with Gasteiger partial charge in [0.15, 0.2) is 0 Å². The van der Waals surface area contributed by atoms with E-state index in [0.29, 0.717) is 5.15 Å². The lowest BCUT2D eigenvalue weighted by Crippen LogP contribution is -2.23. The van der Waals surface area contributed by atoms with Gasteiger partial charge in [0.1, 0.15) is 11.0 Å². The zero-order valence-electron chi connectivity index (χ0n) is 12.2. The Morgan fingerprint density at radius 1 is 1.23 bits per heavy atom. The van der Waals surface area contributed by atoms with E-state index >= 15 is 0 Å². The first-order valence-corrected chi connectivity index (χ1v) is 7.40. The fourth-order valence-corrected chi connectivity index (χ4v) is 2.60. The lowest BCUT2D eigenvalue weighted by molar-refractivity contribution is 0.307. The van der Waals surface area contributed by atoms with Crippen molar-refractivity contribution in [2.45, 2.75) is 13.1 Å². The summed E-state index contributed by atoms with van der Waals surface area (Å²) in [6.45, 7) is 2.34. The minimum Gasteiger partial charge on any atom is -0.300 e. The van der Waals surface area contributed by atoms with Crippen LogP contribution >= 0.6 is 11.6 Å². The summed E-state index contributed by atoms with van der Waals surface area (Å²) in [6, 6.07) is 8.49. The molecule has 0 saturated heterocycles. The Kier molecular flexibility index (Phi) is 4.36. The van der Waals surface area contributed by atoms with Crippen molar-refractivity contribution in [1.82, 2.24) is 19.7 Å². The molecule has 0 N–H and O–H groups in total. The van der Waals surface area contributed by atoms with Crippen LogP contribution in [-0.2, 0) is 13.1 Å². The number of pyridine rings is 1. The topological polar surface area (TPSA) is 34.0 Å². The van der Waals surface area contributed by atoms with Crippen LogP contribution in [0.25, 0.3) is 10.9 Å². The quantitative estimate of drug-likeness (QED) is 0.676. The molecule has 3 aromatic rings. The van der Waals surface area contributed by atoms with Crippen LogP contribution in [0.1, 0.15) is 5.56 Å². The van der Waals surface area contributed by atoms with E-state index < -0.39 is 0 Å². The molecular weight excluding hydrogens is 303 g/mol. The molecule has 0 aliphatic carbocycles. The monoisotopic (exact) mass is 318 g/mol. The van der Waals surface area contributed by atoms with Crippen molar-refractivity contribution in [3.8, 4) is 0 Å².